The van der Waals surface area contributed by atoms with Crippen molar-refractivity contribution < 1.29 is 18.7 Å². The van der Waals surface area contributed by atoms with Crippen molar-refractivity contribution in [3.8, 4) is 0 Å². The molecule has 8 nitrogen and oxygen atoms in total. The smallest absolute Gasteiger partial charge is 0.342 e. The standard InChI is InChI=1S/C20H17F2N5O3S/c21-13-15(25-23)11-16(14(22)17(13)26-7-5-24-6-8-26)27-9-3-1-2-4-10(9)31-19(27)12(18(11)28)20(29)30/h1-4,24-25H,5-8,23H2,(H,29,30). The normalized spacial score (nSPS) is 14.6. The van der Waals surface area contributed by atoms with Crippen LogP contribution in [0.1, 0.15) is 10.4 Å². The Morgan fingerprint density at radius 3 is 2.58 bits per heavy atom. The van der Waals surface area contributed by atoms with Crippen LogP contribution in [-0.4, -0.2) is 41.7 Å². The van der Waals surface area contributed by atoms with Gasteiger partial charge in [-0.2, -0.15) is 0 Å². The van der Waals surface area contributed by atoms with Crippen LogP contribution in [0.4, 0.5) is 20.2 Å². The first-order valence-electron chi connectivity index (χ1n) is 9.52. The zero-order valence-corrected chi connectivity index (χ0v) is 16.9. The average molecular weight is 445 g/mol. The Balaban J connectivity index is 2.07. The van der Waals surface area contributed by atoms with Crippen molar-refractivity contribution in [2.24, 2.45) is 5.84 Å². The number of halogens is 2. The fraction of sp³-hybridized carbons (Fsp3) is 0.200. The molecule has 31 heavy (non-hydrogen) atoms. The average Bonchev–Trinajstić information content (AvgIpc) is 3.13. The van der Waals surface area contributed by atoms with Crippen LogP contribution in [0, 0.1) is 11.6 Å². The number of carbonyl (C=O) groups is 1. The van der Waals surface area contributed by atoms with Crippen LogP contribution in [0.5, 0.6) is 0 Å². The second-order valence-electron chi connectivity index (χ2n) is 7.18. The number of nitrogen functional groups attached to an aromatic ring is 1. The Labute approximate surface area is 177 Å². The highest BCUT2D eigenvalue weighted by Gasteiger charge is 2.31. The minimum Gasteiger partial charge on any atom is -0.477 e. The third kappa shape index (κ3) is 2.70. The number of nitrogens with two attached hydrogens (primary N) is 1. The van der Waals surface area contributed by atoms with Crippen molar-refractivity contribution in [3.05, 3.63) is 51.7 Å². The quantitative estimate of drug-likeness (QED) is 0.283. The van der Waals surface area contributed by atoms with Crippen molar-refractivity contribution in [1.82, 2.24) is 9.72 Å². The zero-order valence-electron chi connectivity index (χ0n) is 16.0. The number of carboxylic acids is 1. The van der Waals surface area contributed by atoms with E-state index in [0.717, 1.165) is 11.3 Å². The number of hydrogen-bond acceptors (Lipinski definition) is 7. The van der Waals surface area contributed by atoms with Gasteiger partial charge in [0.2, 0.25) is 5.43 Å². The zero-order chi connectivity index (χ0) is 21.9. The molecule has 0 spiro atoms. The first-order valence-corrected chi connectivity index (χ1v) is 10.3. The molecule has 0 bridgehead atoms. The summed E-state index contributed by atoms with van der Waals surface area (Å²) in [5.41, 5.74) is 0.199. The summed E-state index contributed by atoms with van der Waals surface area (Å²) >= 11 is 1.06. The molecule has 5 rings (SSSR count). The molecule has 0 atom stereocenters. The summed E-state index contributed by atoms with van der Waals surface area (Å²) in [6.45, 7) is 1.80. The van der Waals surface area contributed by atoms with Crippen LogP contribution in [0.3, 0.4) is 0 Å². The lowest BCUT2D eigenvalue weighted by molar-refractivity contribution is 0.0697. The first-order chi connectivity index (χ1) is 15.0. The molecule has 5 N–H and O–H groups in total. The highest BCUT2D eigenvalue weighted by molar-refractivity contribution is 7.24. The molecule has 4 aromatic rings. The number of anilines is 2. The molecule has 2 aromatic carbocycles. The van der Waals surface area contributed by atoms with Crippen LogP contribution in [0.25, 0.3) is 25.9 Å². The van der Waals surface area contributed by atoms with Crippen molar-refractivity contribution in [1.29, 1.82) is 0 Å². The van der Waals surface area contributed by atoms with Gasteiger partial charge in [0.15, 0.2) is 11.6 Å². The van der Waals surface area contributed by atoms with Crippen LogP contribution in [0.15, 0.2) is 29.1 Å². The maximum Gasteiger partial charge on any atom is 0.342 e. The number of hydrazine groups is 1. The third-order valence-electron chi connectivity index (χ3n) is 5.53. The second kappa shape index (κ2) is 7.15. The van der Waals surface area contributed by atoms with Gasteiger partial charge in [-0.15, -0.1) is 11.3 Å². The van der Waals surface area contributed by atoms with Crippen molar-refractivity contribution in [2.45, 2.75) is 0 Å². The predicted octanol–water partition coefficient (Wildman–Crippen LogP) is 2.34. The largest absolute Gasteiger partial charge is 0.477 e. The molecule has 1 aliphatic heterocycles. The maximum atomic E-state index is 16.0. The predicted molar refractivity (Wildman–Crippen MR) is 116 cm³/mol. The Bertz CT molecular complexity index is 1440. The molecule has 1 fully saturated rings. The van der Waals surface area contributed by atoms with Gasteiger partial charge in [-0.3, -0.25) is 15.0 Å². The summed E-state index contributed by atoms with van der Waals surface area (Å²) in [4.78, 5) is 26.8. The summed E-state index contributed by atoms with van der Waals surface area (Å²) < 4.78 is 33.5. The van der Waals surface area contributed by atoms with E-state index < -0.39 is 39.7 Å². The topological polar surface area (TPSA) is 112 Å². The lowest BCUT2D eigenvalue weighted by Gasteiger charge is -2.31. The van der Waals surface area contributed by atoms with Crippen LogP contribution < -0.4 is 26.9 Å². The first kappa shape index (κ1) is 19.7. The van der Waals surface area contributed by atoms with Gasteiger partial charge in [0.1, 0.15) is 21.8 Å². The van der Waals surface area contributed by atoms with Gasteiger partial charge in [-0.25, -0.2) is 13.6 Å². The van der Waals surface area contributed by atoms with E-state index >= 15 is 8.78 Å². The van der Waals surface area contributed by atoms with E-state index in [1.165, 1.54) is 4.40 Å². The number of rotatable bonds is 3. The van der Waals surface area contributed by atoms with Gasteiger partial charge in [-0.1, -0.05) is 12.1 Å². The molecule has 0 radical (unpaired) electrons. The third-order valence-corrected chi connectivity index (χ3v) is 6.67. The maximum absolute atomic E-state index is 16.0. The molecular formula is C20H17F2N5O3S. The fourth-order valence-electron chi connectivity index (χ4n) is 4.18. The number of piperazine rings is 1. The number of benzene rings is 2. The Morgan fingerprint density at radius 2 is 1.90 bits per heavy atom. The summed E-state index contributed by atoms with van der Waals surface area (Å²) in [5.74, 6) is 2.12. The van der Waals surface area contributed by atoms with Gasteiger partial charge in [0.05, 0.1) is 21.1 Å². The summed E-state index contributed by atoms with van der Waals surface area (Å²) in [6.07, 6.45) is 0. The van der Waals surface area contributed by atoms with Gasteiger partial charge in [-0.05, 0) is 12.1 Å². The monoisotopic (exact) mass is 445 g/mol. The van der Waals surface area contributed by atoms with E-state index in [1.807, 2.05) is 0 Å². The van der Waals surface area contributed by atoms with Crippen molar-refractivity contribution in [3.63, 3.8) is 0 Å². The van der Waals surface area contributed by atoms with E-state index in [-0.39, 0.29) is 16.0 Å². The lowest BCUT2D eigenvalue weighted by atomic mass is 10.1. The Kier molecular flexibility index (Phi) is 4.54. The molecule has 0 amide bonds. The van der Waals surface area contributed by atoms with Gasteiger partial charge in [0, 0.05) is 26.2 Å². The molecular weight excluding hydrogens is 428 g/mol. The molecule has 11 heteroatoms. The lowest BCUT2D eigenvalue weighted by Crippen LogP contribution is -2.44. The highest BCUT2D eigenvalue weighted by atomic mass is 32.1. The SMILES string of the molecule is NNc1c(F)c(N2CCNCC2)c(F)c2c1c(=O)c(C(=O)O)c1sc3ccccc3n12. The number of para-hydroxylation sites is 1. The van der Waals surface area contributed by atoms with E-state index in [0.29, 0.717) is 36.4 Å². The molecule has 0 aliphatic carbocycles. The molecule has 2 aromatic heterocycles. The molecule has 1 saturated heterocycles. The van der Waals surface area contributed by atoms with Crippen molar-refractivity contribution in [2.75, 3.05) is 36.5 Å². The minimum absolute atomic E-state index is 0.0749. The minimum atomic E-state index is -1.48. The van der Waals surface area contributed by atoms with Crippen LogP contribution >= 0.6 is 11.3 Å². The number of aromatic nitrogens is 1. The van der Waals surface area contributed by atoms with Crippen LogP contribution in [-0.2, 0) is 0 Å². The van der Waals surface area contributed by atoms with Gasteiger partial charge >= 0.3 is 5.97 Å². The summed E-state index contributed by atoms with van der Waals surface area (Å²) in [7, 11) is 0. The van der Waals surface area contributed by atoms with E-state index in [2.05, 4.69) is 10.7 Å². The summed E-state index contributed by atoms with van der Waals surface area (Å²) in [6, 6.07) is 6.92. The van der Waals surface area contributed by atoms with E-state index in [9.17, 15) is 14.7 Å². The molecule has 160 valence electrons. The van der Waals surface area contributed by atoms with Gasteiger partial charge < -0.3 is 20.7 Å². The molecule has 0 saturated carbocycles. The van der Waals surface area contributed by atoms with Crippen LogP contribution in [0.2, 0.25) is 0 Å². The summed E-state index contributed by atoms with van der Waals surface area (Å²) in [5, 5.41) is 12.4. The number of nitrogens with zero attached hydrogens (tertiary/aromatic N) is 2. The number of carboxylic acid groups (broad SMARTS) is 1. The number of thiazole rings is 1. The highest BCUT2D eigenvalue weighted by Crippen LogP contribution is 2.40. The number of pyridine rings is 1. The molecule has 0 unspecified atom stereocenters. The Morgan fingerprint density at radius 1 is 1.19 bits per heavy atom. The number of nitrogens with one attached hydrogen (secondary N) is 2. The van der Waals surface area contributed by atoms with Gasteiger partial charge in [0.25, 0.3) is 0 Å². The number of hydrogen-bond donors (Lipinski definition) is 4. The Hall–Kier alpha value is -3.28. The fourth-order valence-corrected chi connectivity index (χ4v) is 5.36. The van der Waals surface area contributed by atoms with E-state index in [1.54, 1.807) is 29.2 Å². The van der Waals surface area contributed by atoms with Crippen molar-refractivity contribution >= 4 is 54.6 Å². The molecule has 1 aliphatic rings. The second-order valence-corrected chi connectivity index (χ2v) is 8.21. The van der Waals surface area contributed by atoms with E-state index in [4.69, 9.17) is 5.84 Å². The number of fused-ring (bicyclic) bond motifs is 5. The molecule has 3 heterocycles. The number of aromatic carboxylic acids is 1.